The van der Waals surface area contributed by atoms with E-state index in [1.807, 2.05) is 16.7 Å². The topological polar surface area (TPSA) is 67.5 Å². The Kier molecular flexibility index (Phi) is 1.92. The molecular formula is C11H11N3O2. The van der Waals surface area contributed by atoms with Gasteiger partial charge in [-0.15, -0.1) is 10.2 Å². The van der Waals surface area contributed by atoms with Gasteiger partial charge in [-0.05, 0) is 24.5 Å². The van der Waals surface area contributed by atoms with Crippen molar-refractivity contribution in [2.24, 2.45) is 0 Å². The van der Waals surface area contributed by atoms with Crippen LogP contribution in [0.4, 0.5) is 0 Å². The van der Waals surface area contributed by atoms with E-state index in [0.29, 0.717) is 5.92 Å². The molecule has 0 aromatic carbocycles. The molecule has 0 saturated heterocycles. The minimum atomic E-state index is -0.819. The second-order valence-corrected chi connectivity index (χ2v) is 4.17. The zero-order chi connectivity index (χ0) is 11.1. The van der Waals surface area contributed by atoms with Crippen molar-refractivity contribution in [2.45, 2.75) is 25.2 Å². The summed E-state index contributed by atoms with van der Waals surface area (Å²) in [5.41, 5.74) is 1.57. The molecule has 5 heteroatoms. The average molecular weight is 217 g/mol. The molecule has 0 unspecified atom stereocenters. The van der Waals surface area contributed by atoms with Gasteiger partial charge in [-0.2, -0.15) is 0 Å². The monoisotopic (exact) mass is 217 g/mol. The quantitative estimate of drug-likeness (QED) is 0.839. The molecule has 0 amide bonds. The number of carboxylic acid groups (broad SMARTS) is 1. The van der Waals surface area contributed by atoms with Gasteiger partial charge in [-0.3, -0.25) is 9.20 Å². The first-order valence-electron chi connectivity index (χ1n) is 5.29. The number of hydrogen-bond donors (Lipinski definition) is 1. The van der Waals surface area contributed by atoms with E-state index in [4.69, 9.17) is 5.11 Å². The Balaban J connectivity index is 2.06. The fraction of sp³-hybridized carbons (Fsp3) is 0.364. The number of aliphatic carboxylic acids is 1. The summed E-state index contributed by atoms with van der Waals surface area (Å²) < 4.78 is 1.91. The lowest BCUT2D eigenvalue weighted by Crippen LogP contribution is -2.02. The molecule has 0 spiro atoms. The zero-order valence-electron chi connectivity index (χ0n) is 8.63. The van der Waals surface area contributed by atoms with Crippen LogP contribution in [0.25, 0.3) is 5.65 Å². The molecule has 3 rings (SSSR count). The third-order valence-electron chi connectivity index (χ3n) is 2.79. The SMILES string of the molecule is O=C(O)Cc1ccc2nnc(C3CC3)n2c1. The maximum absolute atomic E-state index is 10.6. The number of carbonyl (C=O) groups is 1. The fourth-order valence-corrected chi connectivity index (χ4v) is 1.85. The first kappa shape index (κ1) is 9.33. The summed E-state index contributed by atoms with van der Waals surface area (Å²) in [6.07, 6.45) is 4.18. The van der Waals surface area contributed by atoms with Gasteiger partial charge in [-0.25, -0.2) is 0 Å². The summed E-state index contributed by atoms with van der Waals surface area (Å²) in [6, 6.07) is 3.60. The molecule has 16 heavy (non-hydrogen) atoms. The van der Waals surface area contributed by atoms with Gasteiger partial charge in [0, 0.05) is 12.1 Å². The van der Waals surface area contributed by atoms with Crippen molar-refractivity contribution in [3.8, 4) is 0 Å². The predicted octanol–water partition coefficient (Wildman–Crippen LogP) is 1.23. The number of hydrogen-bond acceptors (Lipinski definition) is 3. The molecule has 1 aliphatic rings. The van der Waals surface area contributed by atoms with Crippen LogP contribution in [-0.2, 0) is 11.2 Å². The van der Waals surface area contributed by atoms with Crippen LogP contribution in [0, 0.1) is 0 Å². The standard InChI is InChI=1S/C11H11N3O2/c15-10(16)5-7-1-4-9-12-13-11(8-2-3-8)14(9)6-7/h1,4,6,8H,2-3,5H2,(H,15,16). The Morgan fingerprint density at radius 3 is 2.94 bits per heavy atom. The van der Waals surface area contributed by atoms with Crippen LogP contribution in [0.2, 0.25) is 0 Å². The first-order valence-corrected chi connectivity index (χ1v) is 5.29. The van der Waals surface area contributed by atoms with Crippen molar-refractivity contribution >= 4 is 11.6 Å². The fourth-order valence-electron chi connectivity index (χ4n) is 1.85. The number of nitrogens with zero attached hydrogens (tertiary/aromatic N) is 3. The van der Waals surface area contributed by atoms with Gasteiger partial charge in [0.25, 0.3) is 0 Å². The smallest absolute Gasteiger partial charge is 0.307 e. The summed E-state index contributed by atoms with van der Waals surface area (Å²) in [5.74, 6) is 0.651. The lowest BCUT2D eigenvalue weighted by atomic mass is 10.2. The maximum Gasteiger partial charge on any atom is 0.307 e. The Hall–Kier alpha value is -1.91. The normalized spacial score (nSPS) is 15.5. The van der Waals surface area contributed by atoms with Crippen molar-refractivity contribution in [3.63, 3.8) is 0 Å². The molecular weight excluding hydrogens is 206 g/mol. The first-order chi connectivity index (χ1) is 7.74. The Morgan fingerprint density at radius 2 is 2.25 bits per heavy atom. The molecule has 5 nitrogen and oxygen atoms in total. The highest BCUT2D eigenvalue weighted by molar-refractivity contribution is 5.70. The maximum atomic E-state index is 10.6. The van der Waals surface area contributed by atoms with E-state index in [1.165, 1.54) is 0 Å². The van der Waals surface area contributed by atoms with E-state index in [9.17, 15) is 4.79 Å². The summed E-state index contributed by atoms with van der Waals surface area (Å²) in [5, 5.41) is 16.9. The third-order valence-corrected chi connectivity index (χ3v) is 2.79. The molecule has 1 N–H and O–H groups in total. The molecule has 2 aromatic rings. The lowest BCUT2D eigenvalue weighted by Gasteiger charge is -2.00. The molecule has 0 aliphatic heterocycles. The van der Waals surface area contributed by atoms with Gasteiger partial charge in [0.1, 0.15) is 5.82 Å². The van der Waals surface area contributed by atoms with Gasteiger partial charge in [0.2, 0.25) is 0 Å². The van der Waals surface area contributed by atoms with Gasteiger partial charge in [0.15, 0.2) is 5.65 Å². The van der Waals surface area contributed by atoms with E-state index in [2.05, 4.69) is 10.2 Å². The van der Waals surface area contributed by atoms with Crippen LogP contribution in [0.15, 0.2) is 18.3 Å². The predicted molar refractivity (Wildman–Crippen MR) is 56.3 cm³/mol. The van der Waals surface area contributed by atoms with Gasteiger partial charge < -0.3 is 5.11 Å². The van der Waals surface area contributed by atoms with Crippen LogP contribution in [0.5, 0.6) is 0 Å². The molecule has 2 aromatic heterocycles. The molecule has 0 atom stereocenters. The second-order valence-electron chi connectivity index (χ2n) is 4.17. The number of fused-ring (bicyclic) bond motifs is 1. The Morgan fingerprint density at radius 1 is 1.44 bits per heavy atom. The van der Waals surface area contributed by atoms with E-state index < -0.39 is 5.97 Å². The van der Waals surface area contributed by atoms with Crippen LogP contribution >= 0.6 is 0 Å². The molecule has 0 bridgehead atoms. The molecule has 0 radical (unpaired) electrons. The summed E-state index contributed by atoms with van der Waals surface area (Å²) in [6.45, 7) is 0. The lowest BCUT2D eigenvalue weighted by molar-refractivity contribution is -0.136. The van der Waals surface area contributed by atoms with Crippen LogP contribution < -0.4 is 0 Å². The Labute approximate surface area is 91.7 Å². The van der Waals surface area contributed by atoms with E-state index in [1.54, 1.807) is 6.07 Å². The van der Waals surface area contributed by atoms with Crippen LogP contribution in [-0.4, -0.2) is 25.7 Å². The number of pyridine rings is 1. The number of carboxylic acids is 1. The van der Waals surface area contributed by atoms with Gasteiger partial charge in [-0.1, -0.05) is 6.07 Å². The number of rotatable bonds is 3. The van der Waals surface area contributed by atoms with Crippen LogP contribution in [0.3, 0.4) is 0 Å². The van der Waals surface area contributed by atoms with Crippen molar-refractivity contribution in [2.75, 3.05) is 0 Å². The zero-order valence-corrected chi connectivity index (χ0v) is 8.63. The summed E-state index contributed by atoms with van der Waals surface area (Å²) in [4.78, 5) is 10.6. The van der Waals surface area contributed by atoms with Gasteiger partial charge in [0.05, 0.1) is 6.42 Å². The summed E-state index contributed by atoms with van der Waals surface area (Å²) >= 11 is 0. The highest BCUT2D eigenvalue weighted by atomic mass is 16.4. The highest BCUT2D eigenvalue weighted by Gasteiger charge is 2.28. The van der Waals surface area contributed by atoms with E-state index >= 15 is 0 Å². The van der Waals surface area contributed by atoms with E-state index in [0.717, 1.165) is 29.9 Å². The van der Waals surface area contributed by atoms with Crippen molar-refractivity contribution in [3.05, 3.63) is 29.7 Å². The Bertz CT molecular complexity index is 557. The van der Waals surface area contributed by atoms with Crippen molar-refractivity contribution in [1.82, 2.24) is 14.6 Å². The minimum Gasteiger partial charge on any atom is -0.481 e. The van der Waals surface area contributed by atoms with Crippen molar-refractivity contribution < 1.29 is 9.90 Å². The average Bonchev–Trinajstić information content (AvgIpc) is 2.98. The molecule has 1 fully saturated rings. The molecule has 2 heterocycles. The van der Waals surface area contributed by atoms with Crippen LogP contribution in [0.1, 0.15) is 30.1 Å². The third kappa shape index (κ3) is 1.54. The van der Waals surface area contributed by atoms with Gasteiger partial charge >= 0.3 is 5.97 Å². The molecule has 82 valence electrons. The van der Waals surface area contributed by atoms with Crippen molar-refractivity contribution in [1.29, 1.82) is 0 Å². The molecule has 1 aliphatic carbocycles. The molecule has 1 saturated carbocycles. The highest BCUT2D eigenvalue weighted by Crippen LogP contribution is 2.38. The van der Waals surface area contributed by atoms with E-state index in [-0.39, 0.29) is 6.42 Å². The number of aromatic nitrogens is 3. The summed E-state index contributed by atoms with van der Waals surface area (Å²) in [7, 11) is 0. The second kappa shape index (κ2) is 3.30. The largest absolute Gasteiger partial charge is 0.481 e. The minimum absolute atomic E-state index is 0.0399.